The van der Waals surface area contributed by atoms with Crippen LogP contribution < -0.4 is 16.0 Å². The Bertz CT molecular complexity index is 3440. The van der Waals surface area contributed by atoms with Crippen LogP contribution in [-0.4, -0.2) is 59.4 Å². The second-order valence-electron chi connectivity index (χ2n) is 18.4. The number of sulfone groups is 1. The van der Waals surface area contributed by atoms with Gasteiger partial charge < -0.3 is 31.3 Å². The third-order valence-electron chi connectivity index (χ3n) is 13.4. The molecule has 3 aliphatic rings. The molecule has 0 aromatic heterocycles. The fourth-order valence-electron chi connectivity index (χ4n) is 8.88. The first-order valence-electron chi connectivity index (χ1n) is 23.5. The second-order valence-corrected chi connectivity index (χ2v) is 20.3. The van der Waals surface area contributed by atoms with Gasteiger partial charge in [0.25, 0.3) is 11.8 Å². The van der Waals surface area contributed by atoms with Crippen molar-refractivity contribution in [1.82, 2.24) is 0 Å². The van der Waals surface area contributed by atoms with Crippen LogP contribution in [0.1, 0.15) is 105 Å². The van der Waals surface area contributed by atoms with E-state index in [1.165, 1.54) is 75.4 Å². The van der Waals surface area contributed by atoms with E-state index in [1.54, 1.807) is 61.5 Å². The summed E-state index contributed by atoms with van der Waals surface area (Å²) >= 11 is 0. The van der Waals surface area contributed by atoms with Gasteiger partial charge in [-0.25, -0.2) is 22.8 Å². The zero-order valence-corrected chi connectivity index (χ0v) is 42.0. The molecule has 0 fully saturated rings. The van der Waals surface area contributed by atoms with Crippen LogP contribution in [0.3, 0.4) is 0 Å². The minimum Gasteiger partial charge on any atom is -0.478 e. The molecular weight excluding hydrogens is 947 g/mol. The van der Waals surface area contributed by atoms with E-state index in [1.807, 2.05) is 13.0 Å². The molecule has 1 unspecified atom stereocenters. The largest absolute Gasteiger partial charge is 0.478 e. The molecule has 3 amide bonds. The standard InChI is InChI=1S/C20H21NO3.C20H19NO3.C18H15NO5S/c2*1-12-9-14-7-8-15(11-16(14)10-13(12)2)19(22)21-18-6-4-3-5-17(18)20(23)24;1-10-7-12-9-16(25(23,24)15(12)8-11(10)2)17(20)19-14-6-4-3-5-13(14)18(21)22/h3-6,9-10,15H,7-8,11H2,1-2H3,(H,21,22)(H,23,24);3-6,9-11H,7-8H2,1-2H3,(H,21,22)(H,23,24);3-9H,1-2H3,(H,19,20)(H,21,22). The Labute approximate surface area is 423 Å². The SMILES string of the molecule is Cc1cc2c(cc1C)CC(C(=O)Nc1ccccc1C(=O)O)CC2.Cc1cc2c(cc1C)CCC(C(=O)Nc1ccccc1C(=O)O)=C2.Cc1cc2c(cc1C)S(=O)(=O)C(C(=O)Nc1ccccc1C(=O)O)=C2. The first-order chi connectivity index (χ1) is 34.6. The Hall–Kier alpha value is -8.43. The van der Waals surface area contributed by atoms with Crippen molar-refractivity contribution in [2.24, 2.45) is 5.92 Å². The van der Waals surface area contributed by atoms with Crippen LogP contribution in [0.5, 0.6) is 0 Å². The Balaban J connectivity index is 0.000000160. The average Bonchev–Trinajstić information content (AvgIpc) is 3.60. The Morgan fingerprint density at radius 3 is 1.45 bits per heavy atom. The molecule has 14 nitrogen and oxygen atoms in total. The van der Waals surface area contributed by atoms with E-state index in [4.69, 9.17) is 5.11 Å². The Morgan fingerprint density at radius 2 is 0.918 bits per heavy atom. The maximum absolute atomic E-state index is 12.7. The molecule has 9 rings (SSSR count). The molecule has 0 saturated carbocycles. The third-order valence-corrected chi connectivity index (χ3v) is 15.2. The predicted octanol–water partition coefficient (Wildman–Crippen LogP) is 10.5. The number of para-hydroxylation sites is 3. The normalized spacial score (nSPS) is 14.6. The van der Waals surface area contributed by atoms with E-state index >= 15 is 0 Å². The predicted molar refractivity (Wildman–Crippen MR) is 281 cm³/mol. The number of carboxylic acids is 3. The molecule has 0 spiro atoms. The number of aryl methyl sites for hydroxylation is 8. The molecule has 6 N–H and O–H groups in total. The van der Waals surface area contributed by atoms with E-state index in [-0.39, 0.29) is 45.0 Å². The highest BCUT2D eigenvalue weighted by atomic mass is 32.2. The fraction of sp³-hybridized carbons (Fsp3) is 0.207. The van der Waals surface area contributed by atoms with Gasteiger partial charge in [0.15, 0.2) is 0 Å². The van der Waals surface area contributed by atoms with Crippen LogP contribution in [0.2, 0.25) is 0 Å². The van der Waals surface area contributed by atoms with Crippen molar-refractivity contribution in [3.8, 4) is 0 Å². The first-order valence-corrected chi connectivity index (χ1v) is 25.0. The van der Waals surface area contributed by atoms with Crippen molar-refractivity contribution >= 4 is 74.7 Å². The molecule has 1 atom stereocenters. The highest BCUT2D eigenvalue weighted by Gasteiger charge is 2.35. The Morgan fingerprint density at radius 1 is 0.479 bits per heavy atom. The van der Waals surface area contributed by atoms with Crippen LogP contribution in [-0.2, 0) is 43.5 Å². The number of fused-ring (bicyclic) bond motifs is 3. The van der Waals surface area contributed by atoms with Gasteiger partial charge in [0.2, 0.25) is 15.7 Å². The van der Waals surface area contributed by atoms with E-state index in [0.29, 0.717) is 35.4 Å². The van der Waals surface area contributed by atoms with E-state index in [2.05, 4.69) is 67.9 Å². The average molecular weight is 1000 g/mol. The summed E-state index contributed by atoms with van der Waals surface area (Å²) in [6.45, 7) is 12.0. The van der Waals surface area contributed by atoms with Gasteiger partial charge in [0.1, 0.15) is 4.91 Å². The lowest BCUT2D eigenvalue weighted by molar-refractivity contribution is -0.120. The number of hydrogen-bond acceptors (Lipinski definition) is 8. The summed E-state index contributed by atoms with van der Waals surface area (Å²) in [4.78, 5) is 71.0. The molecule has 1 heterocycles. The van der Waals surface area contributed by atoms with Crippen LogP contribution in [0, 0.1) is 47.5 Å². The quantitative estimate of drug-likeness (QED) is 0.0797. The van der Waals surface area contributed by atoms with Crippen molar-refractivity contribution in [2.75, 3.05) is 16.0 Å². The van der Waals surface area contributed by atoms with Crippen molar-refractivity contribution in [3.05, 3.63) is 198 Å². The van der Waals surface area contributed by atoms with E-state index in [9.17, 15) is 47.4 Å². The first kappa shape index (κ1) is 52.4. The second kappa shape index (κ2) is 21.9. The van der Waals surface area contributed by atoms with Crippen LogP contribution in [0.4, 0.5) is 17.1 Å². The smallest absolute Gasteiger partial charge is 0.337 e. The zero-order chi connectivity index (χ0) is 52.9. The number of aromatic carboxylic acids is 3. The summed E-state index contributed by atoms with van der Waals surface area (Å²) in [5.74, 6) is -4.64. The van der Waals surface area contributed by atoms with Crippen LogP contribution >= 0.6 is 0 Å². The number of carbonyl (C=O) groups excluding carboxylic acids is 3. The van der Waals surface area contributed by atoms with Gasteiger partial charge in [-0.15, -0.1) is 0 Å². The molecule has 0 saturated heterocycles. The number of rotatable bonds is 9. The van der Waals surface area contributed by atoms with Crippen molar-refractivity contribution in [1.29, 1.82) is 0 Å². The van der Waals surface area contributed by atoms with Crippen molar-refractivity contribution in [2.45, 2.75) is 78.5 Å². The van der Waals surface area contributed by atoms with E-state index in [0.717, 1.165) is 36.0 Å². The lowest BCUT2D eigenvalue weighted by atomic mass is 9.82. The fourth-order valence-corrected chi connectivity index (χ4v) is 10.5. The van der Waals surface area contributed by atoms with Gasteiger partial charge in [-0.2, -0.15) is 0 Å². The maximum atomic E-state index is 12.7. The number of benzene rings is 6. The van der Waals surface area contributed by atoms with Gasteiger partial charge in [0, 0.05) is 11.5 Å². The molecular formula is C58H55N3O11S. The van der Waals surface area contributed by atoms with Gasteiger partial charge in [-0.1, -0.05) is 66.7 Å². The minimum atomic E-state index is -3.94. The molecule has 1 aliphatic heterocycles. The molecule has 73 heavy (non-hydrogen) atoms. The number of carbonyl (C=O) groups is 6. The third kappa shape index (κ3) is 11.9. The summed E-state index contributed by atoms with van der Waals surface area (Å²) in [7, 11) is -3.94. The molecule has 15 heteroatoms. The summed E-state index contributed by atoms with van der Waals surface area (Å²) < 4.78 is 25.3. The van der Waals surface area contributed by atoms with Crippen molar-refractivity contribution in [3.63, 3.8) is 0 Å². The van der Waals surface area contributed by atoms with Crippen molar-refractivity contribution < 1.29 is 52.5 Å². The topological polar surface area (TPSA) is 233 Å². The molecule has 2 aliphatic carbocycles. The summed E-state index contributed by atoms with van der Waals surface area (Å²) in [5.41, 5.74) is 13.5. The lowest BCUT2D eigenvalue weighted by Gasteiger charge is -2.25. The Kier molecular flexibility index (Phi) is 15.7. The van der Waals surface area contributed by atoms with Crippen LogP contribution in [0.15, 0.2) is 125 Å². The number of carboxylic acid groups (broad SMARTS) is 3. The highest BCUT2D eigenvalue weighted by molar-refractivity contribution is 7.96. The summed E-state index contributed by atoms with van der Waals surface area (Å²) in [5, 5.41) is 35.5. The molecule has 6 aromatic carbocycles. The molecule has 0 radical (unpaired) electrons. The molecule has 6 aromatic rings. The summed E-state index contributed by atoms with van der Waals surface area (Å²) in [6, 6.07) is 30.7. The monoisotopic (exact) mass is 1000 g/mol. The number of anilines is 3. The van der Waals surface area contributed by atoms with Gasteiger partial charge in [-0.05, 0) is 189 Å². The highest BCUT2D eigenvalue weighted by Crippen LogP contribution is 2.36. The number of nitrogens with one attached hydrogen (secondary N) is 3. The van der Waals surface area contributed by atoms with Crippen LogP contribution in [0.25, 0.3) is 12.2 Å². The minimum absolute atomic E-state index is 0.0411. The summed E-state index contributed by atoms with van der Waals surface area (Å²) in [6.07, 6.45) is 7.07. The molecule has 374 valence electrons. The van der Waals surface area contributed by atoms with E-state index < -0.39 is 38.6 Å². The number of hydrogen-bond donors (Lipinski definition) is 6. The number of amides is 3. The van der Waals surface area contributed by atoms with Gasteiger partial charge in [0.05, 0.1) is 38.6 Å². The lowest BCUT2D eigenvalue weighted by Crippen LogP contribution is -2.29. The van der Waals surface area contributed by atoms with Gasteiger partial charge in [-0.3, -0.25) is 14.4 Å². The molecule has 0 bridgehead atoms. The maximum Gasteiger partial charge on any atom is 0.337 e. The van der Waals surface area contributed by atoms with Gasteiger partial charge >= 0.3 is 17.9 Å². The zero-order valence-electron chi connectivity index (χ0n) is 41.2.